The summed E-state index contributed by atoms with van der Waals surface area (Å²) < 4.78 is 36.9. The highest BCUT2D eigenvalue weighted by Gasteiger charge is 2.15. The minimum Gasteiger partial charge on any atom is -0.478 e. The number of aromatic carboxylic acids is 1. The Balaban J connectivity index is 1.36. The van der Waals surface area contributed by atoms with Gasteiger partial charge < -0.3 is 14.4 Å². The number of imidazole rings is 1. The Bertz CT molecular complexity index is 1660. The summed E-state index contributed by atoms with van der Waals surface area (Å²) in [4.78, 5) is 20.5. The molecule has 8 heteroatoms. The first-order valence-corrected chi connectivity index (χ1v) is 12.2. The summed E-state index contributed by atoms with van der Waals surface area (Å²) in [5.74, 6) is -0.793. The molecule has 0 saturated heterocycles. The normalized spacial score (nSPS) is 11.2. The van der Waals surface area contributed by atoms with E-state index in [2.05, 4.69) is 9.97 Å². The van der Waals surface area contributed by atoms with Crippen LogP contribution in [0.4, 0.5) is 8.78 Å². The second kappa shape index (κ2) is 10.4. The van der Waals surface area contributed by atoms with E-state index < -0.39 is 11.8 Å². The highest BCUT2D eigenvalue weighted by Crippen LogP contribution is 2.26. The molecule has 0 radical (unpaired) electrons. The first-order valence-electron chi connectivity index (χ1n) is 12.2. The van der Waals surface area contributed by atoms with Crippen molar-refractivity contribution < 1.29 is 23.4 Å². The summed E-state index contributed by atoms with van der Waals surface area (Å²) in [7, 11) is 0. The number of hydrogen-bond donors (Lipinski definition) is 1. The van der Waals surface area contributed by atoms with E-state index in [1.54, 1.807) is 48.5 Å². The molecule has 0 unspecified atom stereocenters. The largest absolute Gasteiger partial charge is 0.478 e. The van der Waals surface area contributed by atoms with Gasteiger partial charge in [0.2, 0.25) is 5.88 Å². The molecule has 0 spiro atoms. The predicted octanol–water partition coefficient (Wildman–Crippen LogP) is 6.57. The van der Waals surface area contributed by atoms with E-state index in [4.69, 9.17) is 4.74 Å². The molecule has 2 aromatic heterocycles. The van der Waals surface area contributed by atoms with Crippen LogP contribution >= 0.6 is 0 Å². The number of carboxylic acids is 1. The minimum absolute atomic E-state index is 0.0300. The third-order valence-corrected chi connectivity index (χ3v) is 6.40. The highest BCUT2D eigenvalue weighted by atomic mass is 19.1. The number of hydrogen-bond acceptors (Lipinski definition) is 4. The van der Waals surface area contributed by atoms with Crippen LogP contribution in [0.3, 0.4) is 0 Å². The Hall–Kier alpha value is -4.59. The van der Waals surface area contributed by atoms with Crippen molar-refractivity contribution in [3.63, 3.8) is 0 Å². The van der Waals surface area contributed by atoms with Crippen molar-refractivity contribution in [1.29, 1.82) is 0 Å². The van der Waals surface area contributed by atoms with Crippen molar-refractivity contribution in [3.8, 4) is 17.1 Å². The molecule has 0 aliphatic carbocycles. The lowest BCUT2D eigenvalue weighted by atomic mass is 10.1. The first kappa shape index (κ1) is 25.1. The maximum Gasteiger partial charge on any atom is 0.335 e. The zero-order valence-electron chi connectivity index (χ0n) is 20.9. The lowest BCUT2D eigenvalue weighted by molar-refractivity contribution is 0.0697. The quantitative estimate of drug-likeness (QED) is 0.254. The fourth-order valence-electron chi connectivity index (χ4n) is 4.39. The summed E-state index contributed by atoms with van der Waals surface area (Å²) in [5, 5.41) is 9.32. The zero-order valence-corrected chi connectivity index (χ0v) is 20.9. The number of aryl methyl sites for hydroxylation is 2. The third kappa shape index (κ3) is 5.11. The lowest BCUT2D eigenvalue weighted by Crippen LogP contribution is -2.05. The number of nitrogens with zero attached hydrogens (tertiary/aromatic N) is 3. The van der Waals surface area contributed by atoms with E-state index in [1.807, 2.05) is 24.5 Å². The highest BCUT2D eigenvalue weighted by molar-refractivity contribution is 5.92. The maximum absolute atomic E-state index is 15.2. The van der Waals surface area contributed by atoms with Crippen LogP contribution in [0.15, 0.2) is 72.8 Å². The van der Waals surface area contributed by atoms with Crippen molar-refractivity contribution in [3.05, 3.63) is 113 Å². The molecule has 0 aliphatic heterocycles. The number of aromatic nitrogens is 3. The molecular weight excluding hydrogens is 488 g/mol. The fraction of sp³-hybridized carbons (Fsp3) is 0.167. The number of pyridine rings is 1. The van der Waals surface area contributed by atoms with Gasteiger partial charge in [-0.15, -0.1) is 0 Å². The van der Waals surface area contributed by atoms with E-state index in [-0.39, 0.29) is 24.4 Å². The number of rotatable bonds is 8. The van der Waals surface area contributed by atoms with Crippen LogP contribution < -0.4 is 4.74 Å². The van der Waals surface area contributed by atoms with E-state index in [0.29, 0.717) is 51.7 Å². The number of ether oxygens (including phenoxy) is 1. The first-order chi connectivity index (χ1) is 18.3. The summed E-state index contributed by atoms with van der Waals surface area (Å²) in [5.41, 5.74) is 4.36. The van der Waals surface area contributed by atoms with Crippen LogP contribution in [-0.2, 0) is 19.6 Å². The van der Waals surface area contributed by atoms with Gasteiger partial charge in [-0.1, -0.05) is 30.3 Å². The average Bonchev–Trinajstić information content (AvgIpc) is 3.25. The standard InChI is InChI=1S/C30H25F2N3O3/c1-3-35-27-15-21(30(36)37)11-12-26(27)33-28(35)16-19-9-10-20(14-24(19)32)25-5-4-6-29(34-25)38-17-22-8-7-18(2)13-23(22)31/h4-15H,3,16-17H2,1-2H3,(H,36,37). The van der Waals surface area contributed by atoms with Gasteiger partial charge in [0.15, 0.2) is 0 Å². The lowest BCUT2D eigenvalue weighted by Gasteiger charge is -2.10. The van der Waals surface area contributed by atoms with Crippen LogP contribution in [0.5, 0.6) is 5.88 Å². The molecule has 5 aromatic rings. The molecule has 0 fully saturated rings. The van der Waals surface area contributed by atoms with Crippen molar-refractivity contribution in [2.45, 2.75) is 33.4 Å². The van der Waals surface area contributed by atoms with E-state index >= 15 is 4.39 Å². The summed E-state index contributed by atoms with van der Waals surface area (Å²) in [6.07, 6.45) is 0.246. The topological polar surface area (TPSA) is 77.2 Å². The minimum atomic E-state index is -1.01. The number of halogens is 2. The van der Waals surface area contributed by atoms with Crippen LogP contribution in [0.1, 0.15) is 39.8 Å². The van der Waals surface area contributed by atoms with E-state index in [9.17, 15) is 14.3 Å². The summed E-state index contributed by atoms with van der Waals surface area (Å²) >= 11 is 0. The Morgan fingerprint density at radius 3 is 2.47 bits per heavy atom. The van der Waals surface area contributed by atoms with Crippen LogP contribution in [0, 0.1) is 18.6 Å². The molecule has 0 saturated carbocycles. The number of carbonyl (C=O) groups is 1. The van der Waals surface area contributed by atoms with Gasteiger partial charge >= 0.3 is 5.97 Å². The van der Waals surface area contributed by atoms with Crippen LogP contribution in [0.25, 0.3) is 22.3 Å². The van der Waals surface area contributed by atoms with Crippen LogP contribution in [0.2, 0.25) is 0 Å². The van der Waals surface area contributed by atoms with Gasteiger partial charge in [0.1, 0.15) is 24.1 Å². The number of benzene rings is 3. The average molecular weight is 514 g/mol. The van der Waals surface area contributed by atoms with Crippen molar-refractivity contribution in [2.75, 3.05) is 0 Å². The smallest absolute Gasteiger partial charge is 0.335 e. The van der Waals surface area contributed by atoms with Gasteiger partial charge in [-0.25, -0.2) is 23.5 Å². The van der Waals surface area contributed by atoms with Gasteiger partial charge in [0, 0.05) is 30.2 Å². The van der Waals surface area contributed by atoms with E-state index in [1.165, 1.54) is 18.2 Å². The molecule has 0 amide bonds. The molecule has 6 nitrogen and oxygen atoms in total. The molecule has 1 N–H and O–H groups in total. The second-order valence-corrected chi connectivity index (χ2v) is 9.01. The predicted molar refractivity (Wildman–Crippen MR) is 140 cm³/mol. The van der Waals surface area contributed by atoms with Crippen molar-refractivity contribution in [1.82, 2.24) is 14.5 Å². The van der Waals surface area contributed by atoms with Crippen molar-refractivity contribution in [2.24, 2.45) is 0 Å². The number of fused-ring (bicyclic) bond motifs is 1. The summed E-state index contributed by atoms with van der Waals surface area (Å²) in [6.45, 7) is 4.35. The Morgan fingerprint density at radius 2 is 1.74 bits per heavy atom. The molecule has 5 rings (SSSR count). The molecule has 192 valence electrons. The molecule has 38 heavy (non-hydrogen) atoms. The van der Waals surface area contributed by atoms with Crippen LogP contribution in [-0.4, -0.2) is 25.6 Å². The van der Waals surface area contributed by atoms with Gasteiger partial charge in [0.05, 0.1) is 22.3 Å². The third-order valence-electron chi connectivity index (χ3n) is 6.40. The van der Waals surface area contributed by atoms with Gasteiger partial charge in [0.25, 0.3) is 0 Å². The monoisotopic (exact) mass is 513 g/mol. The Labute approximate surface area is 218 Å². The molecule has 0 bridgehead atoms. The van der Waals surface area contributed by atoms with Crippen molar-refractivity contribution >= 4 is 17.0 Å². The molecule has 0 atom stereocenters. The molecule has 0 aliphatic rings. The summed E-state index contributed by atoms with van der Waals surface area (Å²) in [6, 6.07) is 19.8. The molecular formula is C30H25F2N3O3. The van der Waals surface area contributed by atoms with Gasteiger partial charge in [-0.05, 0) is 61.4 Å². The molecule has 2 heterocycles. The Kier molecular flexibility index (Phi) is 6.87. The number of carboxylic acid groups (broad SMARTS) is 1. The SMILES string of the molecule is CCn1c(Cc2ccc(-c3cccc(OCc4ccc(C)cc4F)n3)cc2F)nc2ccc(C(=O)O)cc21. The zero-order chi connectivity index (χ0) is 26.8. The fourth-order valence-corrected chi connectivity index (χ4v) is 4.39. The van der Waals surface area contributed by atoms with E-state index in [0.717, 1.165) is 5.56 Å². The van der Waals surface area contributed by atoms with Gasteiger partial charge in [-0.3, -0.25) is 0 Å². The second-order valence-electron chi connectivity index (χ2n) is 9.01. The molecule has 3 aromatic carbocycles. The Morgan fingerprint density at radius 1 is 0.947 bits per heavy atom. The maximum atomic E-state index is 15.2. The van der Waals surface area contributed by atoms with Gasteiger partial charge in [-0.2, -0.15) is 0 Å².